The molecule has 1 N–H and O–H groups in total. The molecule has 1 aliphatic heterocycles. The van der Waals surface area contributed by atoms with Gasteiger partial charge in [-0.15, -0.1) is 0 Å². The zero-order valence-corrected chi connectivity index (χ0v) is 12.2. The predicted molar refractivity (Wildman–Crippen MR) is 73.4 cm³/mol. The van der Waals surface area contributed by atoms with Crippen molar-refractivity contribution in [2.75, 3.05) is 26.2 Å². The highest BCUT2D eigenvalue weighted by molar-refractivity contribution is 4.82. The summed E-state index contributed by atoms with van der Waals surface area (Å²) in [6.45, 7) is 15.4. The van der Waals surface area contributed by atoms with Crippen molar-refractivity contribution in [3.8, 4) is 0 Å². The van der Waals surface area contributed by atoms with Crippen molar-refractivity contribution in [3.05, 3.63) is 0 Å². The van der Waals surface area contributed by atoms with Gasteiger partial charge in [0.15, 0.2) is 0 Å². The molecule has 1 aliphatic rings. The van der Waals surface area contributed by atoms with Crippen LogP contribution < -0.4 is 5.32 Å². The fourth-order valence-corrected chi connectivity index (χ4v) is 2.46. The Morgan fingerprint density at radius 2 is 2.00 bits per heavy atom. The van der Waals surface area contributed by atoms with E-state index in [2.05, 4.69) is 44.8 Å². The SMILES string of the molecule is CCC1COC(C)CN1C(C)CNCC(C)C. The largest absolute Gasteiger partial charge is 0.376 e. The molecule has 0 bridgehead atoms. The monoisotopic (exact) mass is 242 g/mol. The predicted octanol–water partition coefficient (Wildman–Crippen LogP) is 2.12. The molecule has 0 aromatic heterocycles. The Bertz CT molecular complexity index is 208. The Morgan fingerprint density at radius 1 is 1.29 bits per heavy atom. The minimum absolute atomic E-state index is 0.380. The van der Waals surface area contributed by atoms with Crippen molar-refractivity contribution < 1.29 is 4.74 Å². The Labute approximate surface area is 107 Å². The summed E-state index contributed by atoms with van der Waals surface area (Å²) < 4.78 is 5.74. The van der Waals surface area contributed by atoms with Gasteiger partial charge in [-0.05, 0) is 32.7 Å². The van der Waals surface area contributed by atoms with Gasteiger partial charge in [-0.3, -0.25) is 4.90 Å². The molecule has 0 aliphatic carbocycles. The molecule has 1 heterocycles. The first-order valence-electron chi connectivity index (χ1n) is 7.12. The van der Waals surface area contributed by atoms with Crippen molar-refractivity contribution in [1.29, 1.82) is 0 Å². The second kappa shape index (κ2) is 7.34. The lowest BCUT2D eigenvalue weighted by Gasteiger charge is -2.42. The van der Waals surface area contributed by atoms with Crippen LogP contribution in [0.25, 0.3) is 0 Å². The van der Waals surface area contributed by atoms with E-state index in [0.29, 0.717) is 18.2 Å². The minimum atomic E-state index is 0.380. The van der Waals surface area contributed by atoms with Crippen LogP contribution in [0.15, 0.2) is 0 Å². The second-order valence-electron chi connectivity index (χ2n) is 5.80. The van der Waals surface area contributed by atoms with Gasteiger partial charge in [0.2, 0.25) is 0 Å². The number of hydrogen-bond acceptors (Lipinski definition) is 3. The quantitative estimate of drug-likeness (QED) is 0.772. The lowest BCUT2D eigenvalue weighted by Crippen LogP contribution is -2.54. The van der Waals surface area contributed by atoms with Crippen LogP contribution in [0.2, 0.25) is 0 Å². The van der Waals surface area contributed by atoms with E-state index in [0.717, 1.165) is 32.2 Å². The van der Waals surface area contributed by atoms with Crippen LogP contribution in [-0.4, -0.2) is 49.3 Å². The maximum Gasteiger partial charge on any atom is 0.0674 e. The maximum atomic E-state index is 5.74. The molecular weight excluding hydrogens is 212 g/mol. The Kier molecular flexibility index (Phi) is 6.45. The smallest absolute Gasteiger partial charge is 0.0674 e. The lowest BCUT2D eigenvalue weighted by molar-refractivity contribution is -0.0695. The molecule has 3 unspecified atom stereocenters. The highest BCUT2D eigenvalue weighted by Gasteiger charge is 2.28. The summed E-state index contributed by atoms with van der Waals surface area (Å²) in [5.41, 5.74) is 0. The number of nitrogens with one attached hydrogen (secondary N) is 1. The number of ether oxygens (including phenoxy) is 1. The van der Waals surface area contributed by atoms with Gasteiger partial charge in [-0.2, -0.15) is 0 Å². The van der Waals surface area contributed by atoms with Crippen molar-refractivity contribution in [2.24, 2.45) is 5.92 Å². The molecule has 3 nitrogen and oxygen atoms in total. The van der Waals surface area contributed by atoms with Crippen molar-refractivity contribution in [2.45, 2.75) is 59.2 Å². The molecular formula is C14H30N2O. The number of rotatable bonds is 6. The van der Waals surface area contributed by atoms with E-state index in [9.17, 15) is 0 Å². The van der Waals surface area contributed by atoms with Crippen LogP contribution in [0.3, 0.4) is 0 Å². The third-order valence-corrected chi connectivity index (χ3v) is 3.54. The van der Waals surface area contributed by atoms with Crippen LogP contribution in [0.4, 0.5) is 0 Å². The summed E-state index contributed by atoms with van der Waals surface area (Å²) in [7, 11) is 0. The van der Waals surface area contributed by atoms with Crippen LogP contribution in [0, 0.1) is 5.92 Å². The molecule has 0 amide bonds. The Morgan fingerprint density at radius 3 is 2.59 bits per heavy atom. The highest BCUT2D eigenvalue weighted by atomic mass is 16.5. The third kappa shape index (κ3) is 4.94. The van der Waals surface area contributed by atoms with E-state index in [4.69, 9.17) is 4.74 Å². The van der Waals surface area contributed by atoms with Gasteiger partial charge in [-0.1, -0.05) is 20.8 Å². The Balaban J connectivity index is 2.38. The van der Waals surface area contributed by atoms with E-state index in [1.807, 2.05) is 0 Å². The summed E-state index contributed by atoms with van der Waals surface area (Å²) in [5, 5.41) is 3.56. The van der Waals surface area contributed by atoms with E-state index in [1.54, 1.807) is 0 Å². The molecule has 1 fully saturated rings. The van der Waals surface area contributed by atoms with Gasteiger partial charge < -0.3 is 10.1 Å². The molecule has 0 aromatic rings. The first kappa shape index (κ1) is 14.9. The van der Waals surface area contributed by atoms with E-state index in [1.165, 1.54) is 6.42 Å². The summed E-state index contributed by atoms with van der Waals surface area (Å²) in [6, 6.07) is 1.20. The fourth-order valence-electron chi connectivity index (χ4n) is 2.46. The first-order chi connectivity index (χ1) is 8.04. The van der Waals surface area contributed by atoms with Gasteiger partial charge in [0.1, 0.15) is 0 Å². The first-order valence-corrected chi connectivity index (χ1v) is 7.12. The molecule has 0 aromatic carbocycles. The van der Waals surface area contributed by atoms with Crippen molar-refractivity contribution >= 4 is 0 Å². The zero-order valence-electron chi connectivity index (χ0n) is 12.2. The summed E-state index contributed by atoms with van der Waals surface area (Å²) in [4.78, 5) is 2.61. The van der Waals surface area contributed by atoms with E-state index in [-0.39, 0.29) is 0 Å². The second-order valence-corrected chi connectivity index (χ2v) is 5.80. The number of nitrogens with zero attached hydrogens (tertiary/aromatic N) is 1. The average molecular weight is 242 g/mol. The van der Waals surface area contributed by atoms with Crippen molar-refractivity contribution in [1.82, 2.24) is 10.2 Å². The van der Waals surface area contributed by atoms with Gasteiger partial charge in [0, 0.05) is 25.2 Å². The molecule has 102 valence electrons. The normalized spacial score (nSPS) is 28.6. The van der Waals surface area contributed by atoms with Crippen LogP contribution in [0.5, 0.6) is 0 Å². The summed E-state index contributed by atoms with van der Waals surface area (Å²) in [5.74, 6) is 0.729. The van der Waals surface area contributed by atoms with Gasteiger partial charge in [0.25, 0.3) is 0 Å². The topological polar surface area (TPSA) is 24.5 Å². The third-order valence-electron chi connectivity index (χ3n) is 3.54. The molecule has 3 atom stereocenters. The minimum Gasteiger partial charge on any atom is -0.376 e. The molecule has 0 radical (unpaired) electrons. The zero-order chi connectivity index (χ0) is 12.8. The summed E-state index contributed by atoms with van der Waals surface area (Å²) >= 11 is 0. The molecule has 1 saturated heterocycles. The van der Waals surface area contributed by atoms with E-state index < -0.39 is 0 Å². The standard InChI is InChI=1S/C14H30N2O/c1-6-14-10-17-13(5)9-16(14)12(4)8-15-7-11(2)3/h11-15H,6-10H2,1-5H3. The summed E-state index contributed by atoms with van der Waals surface area (Å²) in [6.07, 6.45) is 1.56. The fraction of sp³-hybridized carbons (Fsp3) is 1.00. The molecule has 0 spiro atoms. The Hall–Kier alpha value is -0.120. The van der Waals surface area contributed by atoms with Gasteiger partial charge >= 0.3 is 0 Å². The van der Waals surface area contributed by atoms with Crippen LogP contribution >= 0.6 is 0 Å². The number of morpholine rings is 1. The molecule has 0 saturated carbocycles. The highest BCUT2D eigenvalue weighted by Crippen LogP contribution is 2.17. The lowest BCUT2D eigenvalue weighted by atomic mass is 10.1. The maximum absolute atomic E-state index is 5.74. The number of hydrogen-bond donors (Lipinski definition) is 1. The van der Waals surface area contributed by atoms with Crippen LogP contribution in [0.1, 0.15) is 41.0 Å². The van der Waals surface area contributed by atoms with Gasteiger partial charge in [0.05, 0.1) is 12.7 Å². The molecule has 17 heavy (non-hydrogen) atoms. The van der Waals surface area contributed by atoms with Gasteiger partial charge in [-0.25, -0.2) is 0 Å². The molecule has 3 heteroatoms. The van der Waals surface area contributed by atoms with E-state index >= 15 is 0 Å². The van der Waals surface area contributed by atoms with Crippen LogP contribution in [-0.2, 0) is 4.74 Å². The van der Waals surface area contributed by atoms with Crippen molar-refractivity contribution in [3.63, 3.8) is 0 Å². The average Bonchev–Trinajstić information content (AvgIpc) is 2.28. The molecule has 1 rings (SSSR count).